The van der Waals surface area contributed by atoms with Crippen molar-refractivity contribution in [2.24, 2.45) is 11.8 Å². The fraction of sp³-hybridized carbons (Fsp3) is 0.833. The summed E-state index contributed by atoms with van der Waals surface area (Å²) in [4.78, 5) is 0. The van der Waals surface area contributed by atoms with Crippen molar-refractivity contribution in [1.82, 2.24) is 0 Å². The van der Waals surface area contributed by atoms with Gasteiger partial charge in [-0.3, -0.25) is 0 Å². The van der Waals surface area contributed by atoms with Gasteiger partial charge in [-0.05, 0) is 38.0 Å². The van der Waals surface area contributed by atoms with Crippen LogP contribution in [0.15, 0.2) is 12.2 Å². The van der Waals surface area contributed by atoms with Gasteiger partial charge in [-0.25, -0.2) is 0 Å². The molecule has 1 aliphatic rings. The van der Waals surface area contributed by atoms with Gasteiger partial charge in [0.15, 0.2) is 0 Å². The monoisotopic (exact) mass is 166 g/mol. The zero-order chi connectivity index (χ0) is 8.97. The van der Waals surface area contributed by atoms with Gasteiger partial charge in [0.2, 0.25) is 0 Å². The molecular weight excluding hydrogens is 144 g/mol. The van der Waals surface area contributed by atoms with Crippen LogP contribution in [-0.4, -0.2) is 0 Å². The highest BCUT2D eigenvalue weighted by Crippen LogP contribution is 2.33. The van der Waals surface area contributed by atoms with E-state index in [-0.39, 0.29) is 0 Å². The molecule has 0 aromatic rings. The third kappa shape index (κ3) is 3.00. The lowest BCUT2D eigenvalue weighted by Gasteiger charge is -2.27. The van der Waals surface area contributed by atoms with Gasteiger partial charge in [-0.15, -0.1) is 6.58 Å². The number of hydrogen-bond donors (Lipinski definition) is 0. The molecule has 0 nitrogen and oxygen atoms in total. The topological polar surface area (TPSA) is 0 Å². The van der Waals surface area contributed by atoms with Gasteiger partial charge in [0, 0.05) is 0 Å². The average molecular weight is 166 g/mol. The van der Waals surface area contributed by atoms with E-state index in [0.717, 1.165) is 11.8 Å². The first-order chi connectivity index (χ1) is 5.72. The summed E-state index contributed by atoms with van der Waals surface area (Å²) in [6, 6.07) is 0. The molecule has 0 heterocycles. The molecule has 1 saturated carbocycles. The molecule has 0 atom stereocenters. The van der Waals surface area contributed by atoms with Crippen LogP contribution in [0.5, 0.6) is 0 Å². The highest BCUT2D eigenvalue weighted by molar-refractivity contribution is 4.91. The first-order valence-corrected chi connectivity index (χ1v) is 5.36. The second-order valence-electron chi connectivity index (χ2n) is 4.46. The zero-order valence-electron chi connectivity index (χ0n) is 8.60. The van der Waals surface area contributed by atoms with E-state index in [1.54, 1.807) is 0 Å². The molecule has 0 heteroatoms. The molecule has 1 fully saturated rings. The van der Waals surface area contributed by atoms with Crippen LogP contribution < -0.4 is 0 Å². The maximum atomic E-state index is 3.99. The van der Waals surface area contributed by atoms with Gasteiger partial charge in [0.05, 0.1) is 0 Å². The highest BCUT2D eigenvalue weighted by atomic mass is 14.2. The summed E-state index contributed by atoms with van der Waals surface area (Å²) in [5.74, 6) is 2.00. The lowest BCUT2D eigenvalue weighted by Crippen LogP contribution is -2.13. The molecule has 0 spiro atoms. The van der Waals surface area contributed by atoms with Crippen molar-refractivity contribution >= 4 is 0 Å². The third-order valence-corrected chi connectivity index (χ3v) is 3.18. The summed E-state index contributed by atoms with van der Waals surface area (Å²) in [6.07, 6.45) is 8.50. The predicted octanol–water partition coefficient (Wildman–Crippen LogP) is 4.17. The Labute approximate surface area is 77.1 Å². The first kappa shape index (κ1) is 9.83. The van der Waals surface area contributed by atoms with Crippen LogP contribution in [0.1, 0.15) is 52.4 Å². The standard InChI is InChI=1S/C12H22/c1-4-11-5-7-12(8-6-11)9-10(2)3/h11-12H,2,4-9H2,1,3H3. The predicted molar refractivity (Wildman–Crippen MR) is 55.2 cm³/mol. The maximum Gasteiger partial charge on any atom is -0.0297 e. The smallest absolute Gasteiger partial charge is 0.0297 e. The fourth-order valence-corrected chi connectivity index (χ4v) is 2.34. The Bertz CT molecular complexity index is 138. The zero-order valence-corrected chi connectivity index (χ0v) is 8.60. The second-order valence-corrected chi connectivity index (χ2v) is 4.46. The van der Waals surface area contributed by atoms with Crippen molar-refractivity contribution in [3.63, 3.8) is 0 Å². The second kappa shape index (κ2) is 4.69. The van der Waals surface area contributed by atoms with E-state index in [2.05, 4.69) is 20.4 Å². The molecule has 0 aliphatic heterocycles. The van der Waals surface area contributed by atoms with Crippen molar-refractivity contribution in [3.05, 3.63) is 12.2 Å². The fourth-order valence-electron chi connectivity index (χ4n) is 2.34. The Kier molecular flexibility index (Phi) is 3.84. The summed E-state index contributed by atoms with van der Waals surface area (Å²) < 4.78 is 0. The lowest BCUT2D eigenvalue weighted by molar-refractivity contribution is 0.268. The molecule has 12 heavy (non-hydrogen) atoms. The van der Waals surface area contributed by atoms with Gasteiger partial charge in [-0.2, -0.15) is 0 Å². The summed E-state index contributed by atoms with van der Waals surface area (Å²) in [5, 5.41) is 0. The SMILES string of the molecule is C=C(C)CC1CCC(CC)CC1. The van der Waals surface area contributed by atoms with Crippen LogP contribution in [-0.2, 0) is 0 Å². The summed E-state index contributed by atoms with van der Waals surface area (Å²) in [5.41, 5.74) is 1.37. The van der Waals surface area contributed by atoms with E-state index in [9.17, 15) is 0 Å². The normalized spacial score (nSPS) is 30.2. The Morgan fingerprint density at radius 3 is 2.08 bits per heavy atom. The minimum absolute atomic E-state index is 0.963. The third-order valence-electron chi connectivity index (χ3n) is 3.18. The van der Waals surface area contributed by atoms with Gasteiger partial charge in [0.1, 0.15) is 0 Å². The van der Waals surface area contributed by atoms with Crippen LogP contribution in [0.25, 0.3) is 0 Å². The van der Waals surface area contributed by atoms with Crippen LogP contribution in [0, 0.1) is 11.8 Å². The van der Waals surface area contributed by atoms with Crippen molar-refractivity contribution in [3.8, 4) is 0 Å². The van der Waals surface area contributed by atoms with Gasteiger partial charge >= 0.3 is 0 Å². The molecule has 70 valence electrons. The van der Waals surface area contributed by atoms with Crippen LogP contribution in [0.4, 0.5) is 0 Å². The molecule has 1 rings (SSSR count). The average Bonchev–Trinajstić information content (AvgIpc) is 2.05. The molecule has 0 saturated heterocycles. The van der Waals surface area contributed by atoms with E-state index in [0.29, 0.717) is 0 Å². The van der Waals surface area contributed by atoms with Crippen molar-refractivity contribution < 1.29 is 0 Å². The summed E-state index contributed by atoms with van der Waals surface area (Å²) in [6.45, 7) is 8.47. The van der Waals surface area contributed by atoms with Crippen molar-refractivity contribution in [2.75, 3.05) is 0 Å². The molecular formula is C12H22. The van der Waals surface area contributed by atoms with Gasteiger partial charge < -0.3 is 0 Å². The molecule has 0 aromatic carbocycles. The quantitative estimate of drug-likeness (QED) is 0.552. The Balaban J connectivity index is 2.21. The number of rotatable bonds is 3. The van der Waals surface area contributed by atoms with Crippen LogP contribution in [0.3, 0.4) is 0 Å². The van der Waals surface area contributed by atoms with E-state index in [1.165, 1.54) is 44.1 Å². The number of hydrogen-bond acceptors (Lipinski definition) is 0. The summed E-state index contributed by atoms with van der Waals surface area (Å²) >= 11 is 0. The van der Waals surface area contributed by atoms with Gasteiger partial charge in [0.25, 0.3) is 0 Å². The Hall–Kier alpha value is -0.260. The molecule has 0 N–H and O–H groups in total. The lowest BCUT2D eigenvalue weighted by atomic mass is 9.78. The van der Waals surface area contributed by atoms with E-state index < -0.39 is 0 Å². The largest absolute Gasteiger partial charge is 0.100 e. The minimum atomic E-state index is 0.963. The van der Waals surface area contributed by atoms with E-state index in [1.807, 2.05) is 0 Å². The van der Waals surface area contributed by atoms with E-state index >= 15 is 0 Å². The maximum absolute atomic E-state index is 3.99. The molecule has 0 aromatic heterocycles. The van der Waals surface area contributed by atoms with Crippen LogP contribution >= 0.6 is 0 Å². The summed E-state index contributed by atoms with van der Waals surface area (Å²) in [7, 11) is 0. The first-order valence-electron chi connectivity index (χ1n) is 5.36. The highest BCUT2D eigenvalue weighted by Gasteiger charge is 2.19. The van der Waals surface area contributed by atoms with E-state index in [4.69, 9.17) is 0 Å². The molecule has 0 amide bonds. The Morgan fingerprint density at radius 1 is 1.17 bits per heavy atom. The number of allylic oxidation sites excluding steroid dienone is 1. The molecule has 1 aliphatic carbocycles. The minimum Gasteiger partial charge on any atom is -0.100 e. The van der Waals surface area contributed by atoms with Crippen molar-refractivity contribution in [2.45, 2.75) is 52.4 Å². The molecule has 0 unspecified atom stereocenters. The van der Waals surface area contributed by atoms with Gasteiger partial charge in [-0.1, -0.05) is 31.8 Å². The van der Waals surface area contributed by atoms with Crippen molar-refractivity contribution in [1.29, 1.82) is 0 Å². The Morgan fingerprint density at radius 2 is 1.67 bits per heavy atom. The molecule has 0 radical (unpaired) electrons. The molecule has 0 bridgehead atoms. The van der Waals surface area contributed by atoms with Crippen LogP contribution in [0.2, 0.25) is 0 Å².